The number of carboxylic acid groups (broad SMARTS) is 1. The standard InChI is InChI=1S/C96H152N24O25S2/c1-16-48(6)78-92(144)111-63(28-32-77(130)131)70(123)29-31-76(129)120-35-21-26-69(120)91(143)118-79(56(14)121)93(145)116-67(37-47(4)5)89(141)112-64(25-20-34-104-96(101)102)86(138)113-65(27-30-75(97)128)87(139)115-68(40-59-43-105-62-24-18-17-23-61(59)62)90(142)114-66(36-46(2)3)88(140)110-54(12)82(134)107-53(11)72(125)41-58(22-19-33-103-95(99)100)84(136)108-52(10)71(124)39-50(8)81(133)119-94(74(127)38-49(7)80(98)132)147-45-146-44-60(42-73(126)51(9)106-57(15)122)85(137)109-55(13)83(135)117-78/h17-18,23-24,43,46-56,58,60,63-69,78-79,94,105,121H,16,19-22,25-42,44-45H2,1-15H3,(H2,97,128)(H2,98,132)(H,106,122)(H,107,134)(H,108,136)(H,109,137)(H,110,140)(H,111,144)(H,112,141)(H,113,138)(H,114,142)(H,115,139)(H,116,145)(H,117,135)(H,118,143)(H,119,133)(H,130,131)(H4,99,100,103)(H4,101,102,104)/t48-,49+,50+,51+,52-,53-,54-,55-,56+,58+,60-,63-,64-,65-,66-,67-,68-,69-,78-,79-,94-/m0/s1. The molecule has 0 spiro atoms. The van der Waals surface area contributed by atoms with E-state index in [1.807, 2.05) is 0 Å². The van der Waals surface area contributed by atoms with Crippen molar-refractivity contribution in [2.45, 2.75) is 328 Å². The molecule has 2 aliphatic heterocycles. The van der Waals surface area contributed by atoms with Crippen LogP contribution in [0.1, 0.15) is 231 Å². The van der Waals surface area contributed by atoms with Gasteiger partial charge in [0, 0.05) is 130 Å². The van der Waals surface area contributed by atoms with Crippen molar-refractivity contribution in [2.75, 3.05) is 30.5 Å². The van der Waals surface area contributed by atoms with E-state index in [1.54, 1.807) is 72.0 Å². The van der Waals surface area contributed by atoms with Crippen LogP contribution in [0.5, 0.6) is 0 Å². The Bertz CT molecular complexity index is 5020. The number of thioether (sulfide) groups is 2. The summed E-state index contributed by atoms with van der Waals surface area (Å²) < 4.78 is 0. The molecule has 818 valence electrons. The molecule has 51 heteroatoms. The molecule has 3 heterocycles. The lowest BCUT2D eigenvalue weighted by Crippen LogP contribution is -2.61. The first-order valence-corrected chi connectivity index (χ1v) is 51.7. The van der Waals surface area contributed by atoms with Gasteiger partial charge in [-0.3, -0.25) is 121 Å². The van der Waals surface area contributed by atoms with Crippen LogP contribution < -0.4 is 108 Å². The largest absolute Gasteiger partial charge is 0.481 e. The van der Waals surface area contributed by atoms with Gasteiger partial charge in [-0.15, -0.1) is 11.8 Å². The Labute approximate surface area is 862 Å². The van der Waals surface area contributed by atoms with Crippen molar-refractivity contribution >= 4 is 182 Å². The van der Waals surface area contributed by atoms with E-state index in [1.165, 1.54) is 48.5 Å². The molecule has 4 rings (SSSR count). The van der Waals surface area contributed by atoms with Crippen LogP contribution in [0.3, 0.4) is 0 Å². The number of rotatable bonds is 31. The van der Waals surface area contributed by atoms with Crippen molar-refractivity contribution in [3.8, 4) is 0 Å². The lowest BCUT2D eigenvalue weighted by atomic mass is 9.92. The third kappa shape index (κ3) is 44.2. The van der Waals surface area contributed by atoms with Gasteiger partial charge in [-0.1, -0.05) is 80.0 Å². The SMILES string of the molecule is CC[C@H](C)[C@@H]1NC(=O)[C@H](C)NC(=O)[C@@H](CC(=O)[C@@H](C)NC(C)=O)CSCS[C@@H](C(=O)C[C@@H](C)C(N)=O)NC(=O)[C@H](C)CC(=O)[C@H](C)NC(=O)[C@H](CCCNC(=N)N)CC(=O)[C@H](C)NC(=O)[C@H](C)NC(=O)[C@H](CC(C)C)NC(=O)[C@H](Cc2c[nH]c3ccccc23)NC(=O)[C@H](CCC(N)=O)NC(=O)[C@H](CCCNC(=N)N)NC(=O)[C@H](CC(C)C)NC(=O)[C@H]([C@@H](C)O)NC(=O)[C@@H]2CCCN2C(=O)CCC(=O)[C@H](CCC(=O)O)NC1=O. The minimum atomic E-state index is -1.86. The minimum Gasteiger partial charge on any atom is -0.481 e. The van der Waals surface area contributed by atoms with Crippen LogP contribution in [0, 0.1) is 52.2 Å². The number of H-pyrrole nitrogens is 1. The molecule has 2 fully saturated rings. The van der Waals surface area contributed by atoms with Crippen molar-refractivity contribution in [1.82, 2.24) is 95.0 Å². The molecule has 147 heavy (non-hydrogen) atoms. The summed E-state index contributed by atoms with van der Waals surface area (Å²) in [7, 11) is 0. The van der Waals surface area contributed by atoms with Crippen molar-refractivity contribution in [3.05, 3.63) is 36.0 Å². The van der Waals surface area contributed by atoms with Gasteiger partial charge in [0.15, 0.2) is 40.8 Å². The fraction of sp³-hybridized carbons (Fsp3) is 0.656. The molecule has 0 unspecified atom stereocenters. The predicted molar refractivity (Wildman–Crippen MR) is 544 cm³/mol. The molecular weight excluding hydrogens is 1950 g/mol. The van der Waals surface area contributed by atoms with Crippen LogP contribution in [0.25, 0.3) is 10.9 Å². The zero-order valence-corrected chi connectivity index (χ0v) is 87.8. The number of nitrogens with two attached hydrogens (primary N) is 4. The van der Waals surface area contributed by atoms with Gasteiger partial charge < -0.3 is 128 Å². The number of carbonyl (C=O) groups excluding carboxylic acids is 22. The highest BCUT2D eigenvalue weighted by Crippen LogP contribution is 2.28. The van der Waals surface area contributed by atoms with Crippen molar-refractivity contribution in [3.63, 3.8) is 0 Å². The number of guanidine groups is 2. The first-order valence-electron chi connectivity index (χ1n) is 49.5. The van der Waals surface area contributed by atoms with Gasteiger partial charge in [0.2, 0.25) is 100 Å². The summed E-state index contributed by atoms with van der Waals surface area (Å²) in [4.78, 5) is 327. The molecule has 2 aliphatic rings. The molecule has 0 saturated carbocycles. The highest BCUT2D eigenvalue weighted by molar-refractivity contribution is 8.16. The molecule has 0 bridgehead atoms. The third-order valence-electron chi connectivity index (χ3n) is 24.9. The number of nitrogens with one attached hydrogen (secondary N) is 19. The number of fused-ring (bicyclic) bond motifs is 2. The Hall–Kier alpha value is -13.2. The van der Waals surface area contributed by atoms with E-state index in [4.69, 9.17) is 33.8 Å². The molecule has 49 nitrogen and oxygen atoms in total. The summed E-state index contributed by atoms with van der Waals surface area (Å²) in [5, 5.41) is 76.7. The second-order valence-electron chi connectivity index (χ2n) is 38.6. The second-order valence-corrected chi connectivity index (χ2v) is 41.1. The Morgan fingerprint density at radius 3 is 1.58 bits per heavy atom. The van der Waals surface area contributed by atoms with E-state index in [9.17, 15) is 111 Å². The maximum atomic E-state index is 15.1. The Kier molecular flexibility index (Phi) is 53.8. The number of hydrogen-bond donors (Lipinski definition) is 25. The number of nitrogens with zero attached hydrogens (tertiary/aromatic N) is 1. The van der Waals surface area contributed by atoms with Crippen molar-refractivity contribution < 1.29 is 120 Å². The number of carboxylic acids is 1. The molecule has 21 atom stereocenters. The lowest BCUT2D eigenvalue weighted by molar-refractivity contribution is -0.141. The molecule has 2 aromatic rings. The average molecular weight is 2110 g/mol. The number of ketones is 5. The predicted octanol–water partition coefficient (Wildman–Crippen LogP) is -2.65. The Morgan fingerprint density at radius 1 is 0.524 bits per heavy atom. The van der Waals surface area contributed by atoms with Gasteiger partial charge >= 0.3 is 5.97 Å². The number of amides is 17. The van der Waals surface area contributed by atoms with Crippen molar-refractivity contribution in [2.24, 2.45) is 64.4 Å². The molecule has 1 aromatic heterocycles. The van der Waals surface area contributed by atoms with Gasteiger partial charge in [0.05, 0.1) is 36.2 Å². The molecule has 2 saturated heterocycles. The summed E-state index contributed by atoms with van der Waals surface area (Å²) in [6, 6.07) is -14.3. The van der Waals surface area contributed by atoms with Gasteiger partial charge in [-0.25, -0.2) is 0 Å². The monoisotopic (exact) mass is 2110 g/mol. The van der Waals surface area contributed by atoms with Gasteiger partial charge in [0.25, 0.3) is 0 Å². The fourth-order valence-electron chi connectivity index (χ4n) is 16.0. The number of hydrogen-bond acceptors (Lipinski definition) is 28. The number of Topliss-reactive ketones (excluding diaryl/α,β-unsaturated/α-hetero) is 5. The smallest absolute Gasteiger partial charge is 0.303 e. The van der Waals surface area contributed by atoms with Gasteiger partial charge in [0.1, 0.15) is 65.8 Å². The number of aliphatic hydroxyl groups is 1. The topological polar surface area (TPSA) is 796 Å². The molecule has 0 radical (unpaired) electrons. The first kappa shape index (κ1) is 126. The van der Waals surface area contributed by atoms with E-state index in [0.717, 1.165) is 42.3 Å². The molecule has 0 aliphatic carbocycles. The highest BCUT2D eigenvalue weighted by atomic mass is 32.2. The Balaban J connectivity index is 1.86. The van der Waals surface area contributed by atoms with Crippen LogP contribution >= 0.6 is 23.5 Å². The zero-order chi connectivity index (χ0) is 111. The van der Waals surface area contributed by atoms with Crippen molar-refractivity contribution in [1.29, 1.82) is 10.8 Å². The van der Waals surface area contributed by atoms with Gasteiger partial charge in [-0.05, 0) is 135 Å². The zero-order valence-electron chi connectivity index (χ0n) is 86.2. The van der Waals surface area contributed by atoms with Crippen LogP contribution in [-0.4, -0.2) is 294 Å². The van der Waals surface area contributed by atoms with Crippen LogP contribution in [0.2, 0.25) is 0 Å². The van der Waals surface area contributed by atoms with Crippen LogP contribution in [0.15, 0.2) is 30.5 Å². The van der Waals surface area contributed by atoms with E-state index >= 15 is 9.59 Å². The number of carbonyl (C=O) groups is 23. The highest BCUT2D eigenvalue weighted by Gasteiger charge is 2.43. The van der Waals surface area contributed by atoms with Crippen LogP contribution in [0.4, 0.5) is 0 Å². The summed E-state index contributed by atoms with van der Waals surface area (Å²) >= 11 is 1.80. The second kappa shape index (κ2) is 62.7. The summed E-state index contributed by atoms with van der Waals surface area (Å²) in [6.07, 6.45) is -6.30. The summed E-state index contributed by atoms with van der Waals surface area (Å²) in [5.74, 6) is -28.2. The quantitative estimate of drug-likeness (QED) is 0.0208. The fourth-order valence-corrected chi connectivity index (χ4v) is 18.4. The Morgan fingerprint density at radius 2 is 1.01 bits per heavy atom. The van der Waals surface area contributed by atoms with Gasteiger partial charge in [-0.2, -0.15) is 11.8 Å². The van der Waals surface area contributed by atoms with E-state index in [2.05, 4.69) is 90.1 Å². The number of aromatic nitrogens is 1. The van der Waals surface area contributed by atoms with E-state index < -0.39 is 343 Å². The number of para-hydroxylation sites is 1. The average Bonchev–Trinajstić information content (AvgIpc) is 1.70. The third-order valence-corrected chi connectivity index (χ3v) is 27.5. The number of aliphatic carboxylic acids is 1. The molecule has 29 N–H and O–H groups in total. The van der Waals surface area contributed by atoms with Crippen LogP contribution in [-0.2, 0) is 117 Å². The van der Waals surface area contributed by atoms with E-state index in [0.29, 0.717) is 16.5 Å². The normalized spacial score (nSPS) is 25.8. The summed E-state index contributed by atoms with van der Waals surface area (Å²) in [5.41, 5.74) is 23.4. The molecule has 17 amide bonds. The van der Waals surface area contributed by atoms with E-state index in [-0.39, 0.29) is 101 Å². The minimum absolute atomic E-state index is 0.00815. The number of aromatic amines is 1. The summed E-state index contributed by atoms with van der Waals surface area (Å²) in [6.45, 7) is 21.5. The first-order chi connectivity index (χ1) is 68.9. The molecule has 1 aromatic carbocycles. The number of primary amides is 2. The molecular formula is C96H152N24O25S2. The maximum absolute atomic E-state index is 15.1. The maximum Gasteiger partial charge on any atom is 0.303 e. The lowest BCUT2D eigenvalue weighted by Gasteiger charge is -2.30. The number of aliphatic hydroxyl groups excluding tert-OH is 1. The number of benzene rings is 1.